The minimum absolute atomic E-state index is 0.0643. The van der Waals surface area contributed by atoms with Crippen molar-refractivity contribution in [3.05, 3.63) is 120 Å². The minimum Gasteiger partial charge on any atom is -0.321 e. The highest BCUT2D eigenvalue weighted by Gasteiger charge is 2.37. The first kappa shape index (κ1) is 20.3. The van der Waals surface area contributed by atoms with E-state index in [-0.39, 0.29) is 17.1 Å². The normalized spacial score (nSPS) is 15.8. The molecule has 0 saturated carbocycles. The van der Waals surface area contributed by atoms with Crippen molar-refractivity contribution in [2.75, 3.05) is 5.75 Å². The zero-order valence-corrected chi connectivity index (χ0v) is 18.1. The van der Waals surface area contributed by atoms with Gasteiger partial charge in [-0.05, 0) is 17.7 Å². The second kappa shape index (κ2) is 8.85. The molecule has 1 atom stereocenters. The Morgan fingerprint density at radius 1 is 0.906 bits per heavy atom. The number of rotatable bonds is 6. The standard InChI is InChI=1S/C26H21N3O2S/c30-23-18-32-26(28(23)16-19-10-4-1-5-11-19)22-17-29(21-14-8-3-9-15-21)27-24(22)25(31)20-12-6-2-7-13-20/h1-15,17,26H,16,18H2. The van der Waals surface area contributed by atoms with E-state index in [4.69, 9.17) is 0 Å². The summed E-state index contributed by atoms with van der Waals surface area (Å²) in [4.78, 5) is 28.1. The third kappa shape index (κ3) is 3.97. The average Bonchev–Trinajstić information content (AvgIpc) is 3.44. The molecular formula is C26H21N3O2S. The van der Waals surface area contributed by atoms with Gasteiger partial charge in [-0.3, -0.25) is 9.59 Å². The van der Waals surface area contributed by atoms with Crippen molar-refractivity contribution < 1.29 is 9.59 Å². The number of carbonyl (C=O) groups is 2. The molecule has 5 nitrogen and oxygen atoms in total. The van der Waals surface area contributed by atoms with E-state index < -0.39 is 0 Å². The average molecular weight is 440 g/mol. The van der Waals surface area contributed by atoms with Gasteiger partial charge >= 0.3 is 0 Å². The number of amides is 1. The van der Waals surface area contributed by atoms with Crippen LogP contribution >= 0.6 is 11.8 Å². The predicted octanol–water partition coefficient (Wildman–Crippen LogP) is 4.88. The minimum atomic E-state index is -0.275. The van der Waals surface area contributed by atoms with Gasteiger partial charge in [0.05, 0.1) is 11.4 Å². The van der Waals surface area contributed by atoms with Gasteiger partial charge in [-0.2, -0.15) is 5.10 Å². The van der Waals surface area contributed by atoms with Crippen LogP contribution in [0.5, 0.6) is 0 Å². The van der Waals surface area contributed by atoms with Crippen LogP contribution in [-0.2, 0) is 11.3 Å². The predicted molar refractivity (Wildman–Crippen MR) is 126 cm³/mol. The highest BCUT2D eigenvalue weighted by Crippen LogP contribution is 2.41. The molecule has 2 heterocycles. The summed E-state index contributed by atoms with van der Waals surface area (Å²) >= 11 is 1.54. The second-order valence-electron chi connectivity index (χ2n) is 7.58. The Bertz CT molecular complexity index is 1240. The lowest BCUT2D eigenvalue weighted by Crippen LogP contribution is -2.28. The molecule has 3 aromatic carbocycles. The summed E-state index contributed by atoms with van der Waals surface area (Å²) in [6.45, 7) is 0.493. The maximum Gasteiger partial charge on any atom is 0.234 e. The van der Waals surface area contributed by atoms with Gasteiger partial charge in [0.2, 0.25) is 11.7 Å². The van der Waals surface area contributed by atoms with Crippen LogP contribution in [0.4, 0.5) is 0 Å². The monoisotopic (exact) mass is 439 g/mol. The fourth-order valence-corrected chi connectivity index (χ4v) is 5.04. The molecule has 32 heavy (non-hydrogen) atoms. The number of hydrogen-bond donors (Lipinski definition) is 0. The number of aromatic nitrogens is 2. The van der Waals surface area contributed by atoms with E-state index in [0.29, 0.717) is 23.6 Å². The van der Waals surface area contributed by atoms with Gasteiger partial charge < -0.3 is 4.90 Å². The van der Waals surface area contributed by atoms with Crippen molar-refractivity contribution in [2.24, 2.45) is 0 Å². The molecule has 1 aromatic heterocycles. The maximum absolute atomic E-state index is 13.4. The smallest absolute Gasteiger partial charge is 0.234 e. The van der Waals surface area contributed by atoms with Gasteiger partial charge in [-0.15, -0.1) is 11.8 Å². The van der Waals surface area contributed by atoms with Gasteiger partial charge in [-0.1, -0.05) is 78.9 Å². The maximum atomic E-state index is 13.4. The molecule has 1 fully saturated rings. The Kier molecular flexibility index (Phi) is 5.60. The van der Waals surface area contributed by atoms with E-state index in [9.17, 15) is 9.59 Å². The number of benzene rings is 3. The molecule has 0 N–H and O–H groups in total. The first-order valence-corrected chi connectivity index (χ1v) is 11.5. The first-order valence-electron chi connectivity index (χ1n) is 10.4. The van der Waals surface area contributed by atoms with Crippen LogP contribution in [-0.4, -0.2) is 32.1 Å². The van der Waals surface area contributed by atoms with Crippen LogP contribution in [0.3, 0.4) is 0 Å². The van der Waals surface area contributed by atoms with Crippen molar-refractivity contribution in [2.45, 2.75) is 11.9 Å². The zero-order chi connectivity index (χ0) is 21.9. The number of carbonyl (C=O) groups excluding carboxylic acids is 2. The number of thioether (sulfide) groups is 1. The van der Waals surface area contributed by atoms with Gasteiger partial charge in [0.25, 0.3) is 0 Å². The third-order valence-corrected chi connectivity index (χ3v) is 6.68. The molecule has 0 spiro atoms. The van der Waals surface area contributed by atoms with Gasteiger partial charge in [0.1, 0.15) is 11.1 Å². The molecule has 158 valence electrons. The number of para-hydroxylation sites is 1. The third-order valence-electron chi connectivity index (χ3n) is 5.44. The fraction of sp³-hybridized carbons (Fsp3) is 0.115. The highest BCUT2D eigenvalue weighted by atomic mass is 32.2. The molecule has 6 heteroatoms. The van der Waals surface area contributed by atoms with Gasteiger partial charge in [0.15, 0.2) is 0 Å². The first-order chi connectivity index (χ1) is 15.7. The summed E-state index contributed by atoms with van der Waals surface area (Å²) in [5.41, 5.74) is 3.64. The zero-order valence-electron chi connectivity index (χ0n) is 17.3. The molecule has 1 saturated heterocycles. The van der Waals surface area contributed by atoms with Crippen molar-refractivity contribution in [1.29, 1.82) is 0 Å². The number of nitrogens with zero attached hydrogens (tertiary/aromatic N) is 3. The molecule has 0 radical (unpaired) electrons. The summed E-state index contributed by atoms with van der Waals surface area (Å²) in [7, 11) is 0. The molecule has 1 aliphatic heterocycles. The van der Waals surface area contributed by atoms with Gasteiger partial charge in [-0.25, -0.2) is 4.68 Å². The quantitative estimate of drug-likeness (QED) is 0.402. The van der Waals surface area contributed by atoms with Crippen molar-refractivity contribution in [3.8, 4) is 5.69 Å². The van der Waals surface area contributed by atoms with E-state index >= 15 is 0 Å². The Balaban J connectivity index is 1.57. The topological polar surface area (TPSA) is 55.2 Å². The molecule has 4 aromatic rings. The molecular weight excluding hydrogens is 418 g/mol. The van der Waals surface area contributed by atoms with Crippen LogP contribution in [0.1, 0.15) is 32.6 Å². The van der Waals surface area contributed by atoms with Crippen molar-refractivity contribution >= 4 is 23.5 Å². The second-order valence-corrected chi connectivity index (χ2v) is 8.65. The summed E-state index contributed by atoms with van der Waals surface area (Å²) in [6, 6.07) is 28.8. The van der Waals surface area contributed by atoms with Crippen LogP contribution in [0.2, 0.25) is 0 Å². The lowest BCUT2D eigenvalue weighted by molar-refractivity contribution is -0.128. The summed E-state index contributed by atoms with van der Waals surface area (Å²) in [5.74, 6) is 0.303. The lowest BCUT2D eigenvalue weighted by atomic mass is 10.0. The van der Waals surface area contributed by atoms with Crippen LogP contribution < -0.4 is 0 Å². The van der Waals surface area contributed by atoms with Crippen LogP contribution in [0, 0.1) is 0 Å². The van der Waals surface area contributed by atoms with E-state index in [1.807, 2.05) is 90.0 Å². The molecule has 1 unspecified atom stereocenters. The fourth-order valence-electron chi connectivity index (χ4n) is 3.85. The SMILES string of the molecule is O=C(c1ccccc1)c1nn(-c2ccccc2)cc1C1SCC(=O)N1Cc1ccccc1. The van der Waals surface area contributed by atoms with Crippen LogP contribution in [0.25, 0.3) is 5.69 Å². The van der Waals surface area contributed by atoms with E-state index in [0.717, 1.165) is 16.8 Å². The number of ketones is 1. The Hall–Kier alpha value is -3.64. The van der Waals surface area contributed by atoms with Crippen molar-refractivity contribution in [3.63, 3.8) is 0 Å². The molecule has 0 bridgehead atoms. The number of hydrogen-bond acceptors (Lipinski definition) is 4. The summed E-state index contributed by atoms with van der Waals surface area (Å²) < 4.78 is 1.73. The Labute approximate surface area is 190 Å². The van der Waals surface area contributed by atoms with E-state index in [1.165, 1.54) is 11.8 Å². The summed E-state index contributed by atoms with van der Waals surface area (Å²) in [5, 5.41) is 4.41. The largest absolute Gasteiger partial charge is 0.321 e. The van der Waals surface area contributed by atoms with Crippen molar-refractivity contribution in [1.82, 2.24) is 14.7 Å². The Morgan fingerprint density at radius 3 is 2.22 bits per heavy atom. The van der Waals surface area contributed by atoms with E-state index in [2.05, 4.69) is 5.10 Å². The lowest BCUT2D eigenvalue weighted by Gasteiger charge is -2.24. The van der Waals surface area contributed by atoms with Crippen LogP contribution in [0.15, 0.2) is 97.2 Å². The van der Waals surface area contributed by atoms with Gasteiger partial charge in [0, 0.05) is 23.9 Å². The highest BCUT2D eigenvalue weighted by molar-refractivity contribution is 8.00. The molecule has 0 aliphatic carbocycles. The molecule has 1 amide bonds. The summed E-state index contributed by atoms with van der Waals surface area (Å²) in [6.07, 6.45) is 1.89. The van der Waals surface area contributed by atoms with E-state index in [1.54, 1.807) is 16.8 Å². The molecule has 1 aliphatic rings. The molecule has 5 rings (SSSR count). The Morgan fingerprint density at radius 2 is 1.53 bits per heavy atom.